The summed E-state index contributed by atoms with van der Waals surface area (Å²) in [6, 6.07) is 13.0. The van der Waals surface area contributed by atoms with E-state index < -0.39 is 5.82 Å². The first-order chi connectivity index (χ1) is 15.4. The second kappa shape index (κ2) is 7.84. The number of hydrogen-bond donors (Lipinski definition) is 3. The molecule has 1 aliphatic rings. The minimum absolute atomic E-state index is 0.0664. The van der Waals surface area contributed by atoms with E-state index in [1.54, 1.807) is 6.20 Å². The molecule has 0 bridgehead atoms. The minimum Gasteiger partial charge on any atom is -0.489 e. The van der Waals surface area contributed by atoms with E-state index >= 15 is 0 Å². The number of nitrogens with zero attached hydrogens (tertiary/aromatic N) is 3. The molecular weight excluding hydrogens is 411 g/mol. The number of benzene rings is 2. The van der Waals surface area contributed by atoms with Crippen LogP contribution < -0.4 is 20.7 Å². The minimum atomic E-state index is -0.557. The maximum absolute atomic E-state index is 14.4. The van der Waals surface area contributed by atoms with Crippen LogP contribution in [0.15, 0.2) is 65.7 Å². The van der Waals surface area contributed by atoms with Gasteiger partial charge in [0, 0.05) is 16.9 Å². The number of rotatable bonds is 5. The first-order valence-electron chi connectivity index (χ1n) is 10.1. The van der Waals surface area contributed by atoms with Crippen molar-refractivity contribution < 1.29 is 13.5 Å². The molecule has 5 rings (SSSR count). The summed E-state index contributed by atoms with van der Waals surface area (Å²) in [6.07, 6.45) is 4.16. The second-order valence-corrected chi connectivity index (χ2v) is 8.09. The molecule has 9 heteroatoms. The summed E-state index contributed by atoms with van der Waals surface area (Å²) in [5.41, 5.74) is 2.97. The van der Waals surface area contributed by atoms with Gasteiger partial charge in [-0.1, -0.05) is 0 Å². The van der Waals surface area contributed by atoms with Crippen molar-refractivity contribution in [3.8, 4) is 17.1 Å². The lowest BCUT2D eigenvalue weighted by Crippen LogP contribution is -2.40. The molecule has 0 atom stereocenters. The SMILES string of the molecule is CC1(C)COc2ccc(Nc3nc(Nc4ccc(-c5cnco5)cc4)ncc3F)cc2N1. The smallest absolute Gasteiger partial charge is 0.229 e. The zero-order valence-electron chi connectivity index (χ0n) is 17.5. The number of halogens is 1. The maximum atomic E-state index is 14.4. The van der Waals surface area contributed by atoms with Crippen LogP contribution in [0.2, 0.25) is 0 Å². The fourth-order valence-electron chi connectivity index (χ4n) is 3.35. The molecule has 0 spiro atoms. The van der Waals surface area contributed by atoms with Gasteiger partial charge >= 0.3 is 0 Å². The van der Waals surface area contributed by atoms with E-state index in [2.05, 4.69) is 44.7 Å². The molecule has 0 aliphatic carbocycles. The molecule has 0 saturated carbocycles. The average molecular weight is 432 g/mol. The van der Waals surface area contributed by atoms with E-state index in [4.69, 9.17) is 9.15 Å². The molecule has 0 radical (unpaired) electrons. The van der Waals surface area contributed by atoms with Gasteiger partial charge < -0.3 is 25.1 Å². The molecule has 0 amide bonds. The molecule has 8 nitrogen and oxygen atoms in total. The maximum Gasteiger partial charge on any atom is 0.229 e. The van der Waals surface area contributed by atoms with E-state index in [1.165, 1.54) is 6.39 Å². The highest BCUT2D eigenvalue weighted by molar-refractivity contribution is 5.70. The summed E-state index contributed by atoms with van der Waals surface area (Å²) >= 11 is 0. The normalized spacial score (nSPS) is 14.1. The van der Waals surface area contributed by atoms with Gasteiger partial charge in [-0.25, -0.2) is 14.4 Å². The van der Waals surface area contributed by atoms with Gasteiger partial charge in [0.2, 0.25) is 5.95 Å². The Morgan fingerprint density at radius 2 is 1.84 bits per heavy atom. The summed E-state index contributed by atoms with van der Waals surface area (Å²) in [6.45, 7) is 4.67. The molecule has 2 aromatic carbocycles. The van der Waals surface area contributed by atoms with Crippen LogP contribution in [0.25, 0.3) is 11.3 Å². The Hall–Kier alpha value is -4.14. The van der Waals surface area contributed by atoms with Gasteiger partial charge in [-0.15, -0.1) is 0 Å². The largest absolute Gasteiger partial charge is 0.489 e. The van der Waals surface area contributed by atoms with Crippen molar-refractivity contribution in [2.45, 2.75) is 19.4 Å². The lowest BCUT2D eigenvalue weighted by molar-refractivity contribution is 0.242. The third-order valence-corrected chi connectivity index (χ3v) is 4.91. The predicted molar refractivity (Wildman–Crippen MR) is 120 cm³/mol. The molecule has 1 aliphatic heterocycles. The number of ether oxygens (including phenoxy) is 1. The molecule has 4 aromatic rings. The summed E-state index contributed by atoms with van der Waals surface area (Å²) in [4.78, 5) is 12.2. The van der Waals surface area contributed by atoms with Crippen LogP contribution in [0, 0.1) is 5.82 Å². The van der Waals surface area contributed by atoms with Crippen LogP contribution in [0.3, 0.4) is 0 Å². The summed E-state index contributed by atoms with van der Waals surface area (Å²) in [5.74, 6) is 1.21. The van der Waals surface area contributed by atoms with Crippen LogP contribution in [0.5, 0.6) is 5.75 Å². The van der Waals surface area contributed by atoms with E-state index in [-0.39, 0.29) is 17.3 Å². The lowest BCUT2D eigenvalue weighted by atomic mass is 10.0. The van der Waals surface area contributed by atoms with Crippen LogP contribution >= 0.6 is 0 Å². The molecule has 162 valence electrons. The highest BCUT2D eigenvalue weighted by Gasteiger charge is 2.25. The van der Waals surface area contributed by atoms with Crippen molar-refractivity contribution in [2.24, 2.45) is 0 Å². The zero-order valence-corrected chi connectivity index (χ0v) is 17.5. The molecule has 3 N–H and O–H groups in total. The van der Waals surface area contributed by atoms with Gasteiger partial charge in [0.25, 0.3) is 0 Å². The van der Waals surface area contributed by atoms with Crippen molar-refractivity contribution in [3.63, 3.8) is 0 Å². The fourth-order valence-corrected chi connectivity index (χ4v) is 3.35. The van der Waals surface area contributed by atoms with E-state index in [9.17, 15) is 4.39 Å². The summed E-state index contributed by atoms with van der Waals surface area (Å²) in [7, 11) is 0. The number of anilines is 5. The Kier molecular flexibility index (Phi) is 4.85. The fraction of sp³-hybridized carbons (Fsp3) is 0.174. The van der Waals surface area contributed by atoms with Gasteiger partial charge in [-0.3, -0.25) is 0 Å². The Morgan fingerprint density at radius 3 is 2.62 bits per heavy atom. The van der Waals surface area contributed by atoms with E-state index in [0.717, 1.165) is 28.9 Å². The van der Waals surface area contributed by atoms with Crippen LogP contribution in [0.1, 0.15) is 13.8 Å². The van der Waals surface area contributed by atoms with Crippen LogP contribution in [0.4, 0.5) is 33.2 Å². The number of oxazole rings is 1. The molecule has 32 heavy (non-hydrogen) atoms. The van der Waals surface area contributed by atoms with Gasteiger partial charge in [0.05, 0.1) is 23.6 Å². The highest BCUT2D eigenvalue weighted by atomic mass is 19.1. The summed E-state index contributed by atoms with van der Waals surface area (Å²) < 4.78 is 25.5. The molecule has 2 aromatic heterocycles. The molecule has 0 fully saturated rings. The van der Waals surface area contributed by atoms with E-state index in [0.29, 0.717) is 18.1 Å². The summed E-state index contributed by atoms with van der Waals surface area (Å²) in [5, 5.41) is 9.53. The predicted octanol–water partition coefficient (Wildman–Crippen LogP) is 5.34. The Bertz CT molecular complexity index is 1240. The third kappa shape index (κ3) is 4.18. The van der Waals surface area contributed by atoms with Crippen molar-refractivity contribution >= 4 is 28.8 Å². The van der Waals surface area contributed by atoms with Crippen LogP contribution in [-0.2, 0) is 0 Å². The number of hydrogen-bond acceptors (Lipinski definition) is 8. The van der Waals surface area contributed by atoms with Crippen LogP contribution in [-0.4, -0.2) is 27.1 Å². The third-order valence-electron chi connectivity index (χ3n) is 4.91. The lowest BCUT2D eigenvalue weighted by Gasteiger charge is -2.33. The monoisotopic (exact) mass is 432 g/mol. The van der Waals surface area contributed by atoms with E-state index in [1.807, 2.05) is 42.5 Å². The van der Waals surface area contributed by atoms with Crippen molar-refractivity contribution in [1.82, 2.24) is 15.0 Å². The Labute approximate surface area is 183 Å². The molecule has 3 heterocycles. The topological polar surface area (TPSA) is 97.1 Å². The molecular formula is C23H21FN6O2. The number of aromatic nitrogens is 3. The Balaban J connectivity index is 1.33. The van der Waals surface area contributed by atoms with Crippen molar-refractivity contribution in [3.05, 3.63) is 67.1 Å². The number of fused-ring (bicyclic) bond motifs is 1. The standard InChI is InChI=1S/C23H21FN6O2/c1-23(2)12-31-19-8-7-16(9-18(19)30-23)27-21-17(24)10-26-22(29-21)28-15-5-3-14(4-6-15)20-11-25-13-32-20/h3-11,13,30H,12H2,1-2H3,(H2,26,27,28,29). The highest BCUT2D eigenvalue weighted by Crippen LogP contribution is 2.35. The van der Waals surface area contributed by atoms with Crippen molar-refractivity contribution in [2.75, 3.05) is 22.6 Å². The quantitative estimate of drug-likeness (QED) is 0.389. The average Bonchev–Trinajstić information content (AvgIpc) is 3.31. The first-order valence-corrected chi connectivity index (χ1v) is 10.1. The van der Waals surface area contributed by atoms with Gasteiger partial charge in [0.1, 0.15) is 12.4 Å². The Morgan fingerprint density at radius 1 is 1.03 bits per heavy atom. The van der Waals surface area contributed by atoms with Crippen molar-refractivity contribution in [1.29, 1.82) is 0 Å². The molecule has 0 saturated heterocycles. The molecule has 0 unspecified atom stereocenters. The first kappa shape index (κ1) is 19.8. The number of nitrogens with one attached hydrogen (secondary N) is 3. The van der Waals surface area contributed by atoms with Gasteiger partial charge in [-0.2, -0.15) is 4.98 Å². The second-order valence-electron chi connectivity index (χ2n) is 8.09. The van der Waals surface area contributed by atoms with Gasteiger partial charge in [0.15, 0.2) is 23.8 Å². The zero-order chi connectivity index (χ0) is 22.1. The van der Waals surface area contributed by atoms with Gasteiger partial charge in [-0.05, 0) is 56.3 Å².